The molecule has 5 aliphatic rings. The molecule has 0 saturated carbocycles. The van der Waals surface area contributed by atoms with Gasteiger partial charge in [-0.05, 0) is 43.5 Å². The first-order valence-electron chi connectivity index (χ1n) is 15.7. The van der Waals surface area contributed by atoms with Crippen LogP contribution in [0, 0.1) is 5.82 Å². The monoisotopic (exact) mass is 683 g/mol. The van der Waals surface area contributed by atoms with E-state index >= 15 is 4.39 Å². The minimum atomic E-state index is -1.19. The van der Waals surface area contributed by atoms with Crippen LogP contribution in [0.2, 0.25) is 10.0 Å². The molecule has 4 fully saturated rings. The van der Waals surface area contributed by atoms with Gasteiger partial charge in [0.05, 0.1) is 85.0 Å². The van der Waals surface area contributed by atoms with Crippen LogP contribution in [-0.4, -0.2) is 86.0 Å². The second-order valence-corrected chi connectivity index (χ2v) is 13.5. The zero-order valence-electron chi connectivity index (χ0n) is 25.3. The lowest BCUT2D eigenvalue weighted by atomic mass is 9.96. The second-order valence-electron chi connectivity index (χ2n) is 12.7. The Balaban J connectivity index is 1.05. The highest BCUT2D eigenvalue weighted by Gasteiger charge is 2.47. The summed E-state index contributed by atoms with van der Waals surface area (Å²) in [6.07, 6.45) is 2.63. The van der Waals surface area contributed by atoms with Gasteiger partial charge in [-0.3, -0.25) is 4.79 Å². The predicted molar refractivity (Wildman–Crippen MR) is 172 cm³/mol. The van der Waals surface area contributed by atoms with E-state index in [-0.39, 0.29) is 52.1 Å². The topological polar surface area (TPSA) is 101 Å². The maximum absolute atomic E-state index is 15.7. The number of carboxylic acids is 1. The zero-order valence-corrected chi connectivity index (χ0v) is 26.9. The van der Waals surface area contributed by atoms with Crippen molar-refractivity contribution in [2.75, 3.05) is 56.0 Å². The number of fused-ring (bicyclic) bond motifs is 3. The molecule has 4 saturated heterocycles. The van der Waals surface area contributed by atoms with Crippen molar-refractivity contribution in [1.29, 1.82) is 0 Å². The Morgan fingerprint density at radius 2 is 1.66 bits per heavy atom. The van der Waals surface area contributed by atoms with E-state index in [0.29, 0.717) is 62.1 Å². The Bertz CT molecular complexity index is 1740. The van der Waals surface area contributed by atoms with Crippen LogP contribution in [0.5, 0.6) is 5.75 Å². The lowest BCUT2D eigenvalue weighted by Gasteiger charge is -2.51. The van der Waals surface area contributed by atoms with Gasteiger partial charge in [0.2, 0.25) is 5.79 Å². The van der Waals surface area contributed by atoms with Crippen LogP contribution in [0.1, 0.15) is 45.5 Å². The Labute approximate surface area is 280 Å². The van der Waals surface area contributed by atoms with Gasteiger partial charge in [0.25, 0.3) is 5.91 Å². The third kappa shape index (κ3) is 5.28. The van der Waals surface area contributed by atoms with Gasteiger partial charge in [-0.15, -0.1) is 0 Å². The molecule has 2 bridgehead atoms. The smallest absolute Gasteiger partial charge is 0.337 e. The highest BCUT2D eigenvalue weighted by Crippen LogP contribution is 2.44. The quantitative estimate of drug-likeness (QED) is 0.357. The summed E-state index contributed by atoms with van der Waals surface area (Å²) < 4.78 is 39.2. The van der Waals surface area contributed by atoms with Crippen molar-refractivity contribution in [1.82, 2.24) is 4.90 Å². The van der Waals surface area contributed by atoms with E-state index in [1.807, 2.05) is 11.0 Å². The standard InChI is InChI=1S/C34H32Cl2FN3O7/c35-26-9-22(39-16-34(17-39)46-7-2-8-47-34)10-27(36)30(26)32(41)38-13-19-3-1-4-23(31(19)45-18-38)24-12-29(25(33(42)43)11-28(24)37)40-20-5-6-21(40)15-44-14-20/h1,3-4,9-12,20-21H,2,5-8,13-18H2,(H,42,43). The summed E-state index contributed by atoms with van der Waals surface area (Å²) >= 11 is 13.3. The van der Waals surface area contributed by atoms with Crippen molar-refractivity contribution in [3.05, 3.63) is 75.0 Å². The number of benzene rings is 3. The van der Waals surface area contributed by atoms with Crippen molar-refractivity contribution in [2.24, 2.45) is 0 Å². The summed E-state index contributed by atoms with van der Waals surface area (Å²) in [6, 6.07) is 11.5. The van der Waals surface area contributed by atoms with Crippen LogP contribution in [0.15, 0.2) is 42.5 Å². The maximum atomic E-state index is 15.7. The van der Waals surface area contributed by atoms with Crippen molar-refractivity contribution in [2.45, 2.75) is 43.7 Å². The van der Waals surface area contributed by atoms with Gasteiger partial charge in [0.15, 0.2) is 6.73 Å². The van der Waals surface area contributed by atoms with Crippen molar-refractivity contribution < 1.29 is 38.0 Å². The molecular weight excluding hydrogens is 652 g/mol. The van der Waals surface area contributed by atoms with Gasteiger partial charge in [-0.25, -0.2) is 9.18 Å². The molecular formula is C34H32Cl2FN3O7. The lowest BCUT2D eigenvalue weighted by molar-refractivity contribution is -0.276. The van der Waals surface area contributed by atoms with Crippen molar-refractivity contribution in [3.8, 4) is 16.9 Å². The third-order valence-corrected chi connectivity index (χ3v) is 10.3. The minimum absolute atomic E-state index is 0.0286. The molecule has 0 aliphatic carbocycles. The van der Waals surface area contributed by atoms with E-state index in [1.54, 1.807) is 30.3 Å². The largest absolute Gasteiger partial charge is 0.478 e. The van der Waals surface area contributed by atoms with Crippen molar-refractivity contribution in [3.63, 3.8) is 0 Å². The molecule has 3 aromatic rings. The molecule has 10 nitrogen and oxygen atoms in total. The number of rotatable bonds is 5. The summed E-state index contributed by atoms with van der Waals surface area (Å²) in [4.78, 5) is 31.6. The number of carbonyl (C=O) groups excluding carboxylic acids is 1. The number of ether oxygens (including phenoxy) is 4. The fourth-order valence-corrected chi connectivity index (χ4v) is 8.05. The molecule has 0 aromatic heterocycles. The number of hydrogen-bond donors (Lipinski definition) is 1. The second kappa shape index (κ2) is 11.8. The normalized spacial score (nSPS) is 22.9. The number of anilines is 2. The SMILES string of the molecule is O=C(O)c1cc(F)c(-c2cccc3c2OCN(C(=O)c2c(Cl)cc(N4CC5(C4)OCCCO5)cc2Cl)C3)cc1N1C2CCC1COC2. The number of amides is 1. The summed E-state index contributed by atoms with van der Waals surface area (Å²) in [5.41, 5.74) is 2.69. The molecule has 5 aliphatic heterocycles. The predicted octanol–water partition coefficient (Wildman–Crippen LogP) is 5.81. The summed E-state index contributed by atoms with van der Waals surface area (Å²) in [6.45, 7) is 3.46. The molecule has 3 aromatic carbocycles. The van der Waals surface area contributed by atoms with Gasteiger partial charge < -0.3 is 38.8 Å². The van der Waals surface area contributed by atoms with E-state index in [4.69, 9.17) is 42.1 Å². The van der Waals surface area contributed by atoms with Crippen LogP contribution in [0.3, 0.4) is 0 Å². The number of aromatic carboxylic acids is 1. The molecule has 13 heteroatoms. The first kappa shape index (κ1) is 30.7. The first-order chi connectivity index (χ1) is 22.7. The van der Waals surface area contributed by atoms with Crippen LogP contribution in [-0.2, 0) is 20.8 Å². The molecule has 2 atom stereocenters. The number of para-hydroxylation sites is 1. The van der Waals surface area contributed by atoms with Gasteiger partial charge in [0, 0.05) is 22.4 Å². The van der Waals surface area contributed by atoms with Crippen LogP contribution in [0.4, 0.5) is 15.8 Å². The average Bonchev–Trinajstić information content (AvgIpc) is 3.29. The fraction of sp³-hybridized carbons (Fsp3) is 0.412. The Morgan fingerprint density at radius 1 is 0.957 bits per heavy atom. The zero-order chi connectivity index (χ0) is 32.4. The number of hydrogen-bond acceptors (Lipinski definition) is 8. The summed E-state index contributed by atoms with van der Waals surface area (Å²) in [7, 11) is 0. The Kier molecular flexibility index (Phi) is 7.72. The van der Waals surface area contributed by atoms with Crippen molar-refractivity contribution >= 4 is 46.5 Å². The number of carboxylic acid groups (broad SMARTS) is 1. The van der Waals surface area contributed by atoms with Gasteiger partial charge in [0.1, 0.15) is 11.6 Å². The van der Waals surface area contributed by atoms with Gasteiger partial charge >= 0.3 is 5.97 Å². The molecule has 1 N–H and O–H groups in total. The summed E-state index contributed by atoms with van der Waals surface area (Å²) in [5.74, 6) is -2.43. The number of morpholine rings is 1. The van der Waals surface area contributed by atoms with E-state index in [1.165, 1.54) is 4.90 Å². The highest BCUT2D eigenvalue weighted by molar-refractivity contribution is 6.40. The van der Waals surface area contributed by atoms with E-state index in [2.05, 4.69) is 4.90 Å². The Hall–Kier alpha value is -3.61. The van der Waals surface area contributed by atoms with E-state index in [9.17, 15) is 14.7 Å². The molecule has 2 unspecified atom stereocenters. The average molecular weight is 685 g/mol. The molecule has 0 radical (unpaired) electrons. The number of nitrogens with zero attached hydrogens (tertiary/aromatic N) is 3. The number of carbonyl (C=O) groups is 2. The molecule has 47 heavy (non-hydrogen) atoms. The van der Waals surface area contributed by atoms with Crippen LogP contribution < -0.4 is 14.5 Å². The molecule has 5 heterocycles. The molecule has 8 rings (SSSR count). The van der Waals surface area contributed by atoms with E-state index in [0.717, 1.165) is 31.0 Å². The molecule has 1 spiro atoms. The van der Waals surface area contributed by atoms with Gasteiger partial charge in [-0.2, -0.15) is 0 Å². The Morgan fingerprint density at radius 3 is 2.34 bits per heavy atom. The maximum Gasteiger partial charge on any atom is 0.337 e. The lowest BCUT2D eigenvalue weighted by Crippen LogP contribution is -2.66. The number of halogens is 3. The van der Waals surface area contributed by atoms with Gasteiger partial charge in [-0.1, -0.05) is 41.4 Å². The minimum Gasteiger partial charge on any atom is -0.478 e. The third-order valence-electron chi connectivity index (χ3n) is 9.72. The van der Waals surface area contributed by atoms with Crippen LogP contribution in [0.25, 0.3) is 11.1 Å². The molecule has 246 valence electrons. The fourth-order valence-electron chi connectivity index (χ4n) is 7.41. The van der Waals surface area contributed by atoms with Crippen LogP contribution >= 0.6 is 23.2 Å². The highest BCUT2D eigenvalue weighted by atomic mass is 35.5. The van der Waals surface area contributed by atoms with E-state index < -0.39 is 23.5 Å². The first-order valence-corrected chi connectivity index (χ1v) is 16.5. The molecule has 1 amide bonds. The summed E-state index contributed by atoms with van der Waals surface area (Å²) in [5, 5.41) is 10.4.